The minimum absolute atomic E-state index is 0.0436. The number of hydrogen-bond acceptors (Lipinski definition) is 3. The molecule has 0 heterocycles. The van der Waals surface area contributed by atoms with E-state index in [9.17, 15) is 23.2 Å². The van der Waals surface area contributed by atoms with E-state index in [1.54, 1.807) is 0 Å². The van der Waals surface area contributed by atoms with Gasteiger partial charge in [-0.25, -0.2) is 13.6 Å². The molecule has 0 saturated carbocycles. The van der Waals surface area contributed by atoms with Gasteiger partial charge in [-0.1, -0.05) is 19.9 Å². The first-order chi connectivity index (χ1) is 11.6. The minimum Gasteiger partial charge on any atom is -0.480 e. The Morgan fingerprint density at radius 2 is 1.80 bits per heavy atom. The van der Waals surface area contributed by atoms with Crippen LogP contribution in [-0.2, 0) is 14.4 Å². The first-order valence-electron chi connectivity index (χ1n) is 7.84. The molecule has 1 aromatic rings. The molecular weight excluding hydrogens is 334 g/mol. The molecule has 8 heteroatoms. The molecular formula is C17H22F2N2O4. The van der Waals surface area contributed by atoms with Crippen molar-refractivity contribution in [3.63, 3.8) is 0 Å². The van der Waals surface area contributed by atoms with Gasteiger partial charge in [-0.2, -0.15) is 0 Å². The molecule has 0 saturated heterocycles. The van der Waals surface area contributed by atoms with Gasteiger partial charge in [-0.3, -0.25) is 9.59 Å². The number of nitrogens with one attached hydrogen (secondary N) is 2. The van der Waals surface area contributed by atoms with Gasteiger partial charge in [-0.05, 0) is 18.4 Å². The first kappa shape index (κ1) is 20.5. The molecule has 2 unspecified atom stereocenters. The number of benzene rings is 1. The number of carboxylic acids is 1. The Morgan fingerprint density at radius 3 is 2.28 bits per heavy atom. The highest BCUT2D eigenvalue weighted by molar-refractivity contribution is 5.84. The normalized spacial score (nSPS) is 13.2. The lowest BCUT2D eigenvalue weighted by molar-refractivity contribution is -0.142. The van der Waals surface area contributed by atoms with Crippen LogP contribution >= 0.6 is 0 Å². The van der Waals surface area contributed by atoms with Gasteiger partial charge < -0.3 is 15.7 Å². The highest BCUT2D eigenvalue weighted by atomic mass is 19.1. The maximum Gasteiger partial charge on any atom is 0.326 e. The third kappa shape index (κ3) is 6.86. The SMILES string of the molecule is CC(=O)NC(CC(=O)NC(CC(C)C)C(=O)O)c1ccc(F)cc1F. The van der Waals surface area contributed by atoms with E-state index in [0.717, 1.165) is 12.1 Å². The maximum absolute atomic E-state index is 13.9. The number of hydrogen-bond donors (Lipinski definition) is 3. The van der Waals surface area contributed by atoms with Crippen molar-refractivity contribution in [1.82, 2.24) is 10.6 Å². The second-order valence-corrected chi connectivity index (χ2v) is 6.21. The summed E-state index contributed by atoms with van der Waals surface area (Å²) >= 11 is 0. The highest BCUT2D eigenvalue weighted by Gasteiger charge is 2.25. The number of aliphatic carboxylic acids is 1. The molecule has 0 aliphatic heterocycles. The van der Waals surface area contributed by atoms with Crippen LogP contribution < -0.4 is 10.6 Å². The van der Waals surface area contributed by atoms with E-state index in [1.165, 1.54) is 6.92 Å². The standard InChI is InChI=1S/C17H22F2N2O4/c1-9(2)6-15(17(24)25)21-16(23)8-14(20-10(3)22)12-5-4-11(18)7-13(12)19/h4-5,7,9,14-15H,6,8H2,1-3H3,(H,20,22)(H,21,23)(H,24,25). The van der Waals surface area contributed by atoms with E-state index < -0.39 is 41.5 Å². The largest absolute Gasteiger partial charge is 0.480 e. The molecule has 0 aliphatic carbocycles. The van der Waals surface area contributed by atoms with Gasteiger partial charge in [-0.15, -0.1) is 0 Å². The smallest absolute Gasteiger partial charge is 0.326 e. The number of carbonyl (C=O) groups excluding carboxylic acids is 2. The minimum atomic E-state index is -1.17. The van der Waals surface area contributed by atoms with Gasteiger partial charge in [0, 0.05) is 18.6 Å². The summed E-state index contributed by atoms with van der Waals surface area (Å²) in [6.45, 7) is 4.83. The lowest BCUT2D eigenvalue weighted by Gasteiger charge is -2.21. The van der Waals surface area contributed by atoms with Crippen molar-refractivity contribution >= 4 is 17.8 Å². The Kier molecular flexibility index (Phi) is 7.47. The zero-order chi connectivity index (χ0) is 19.1. The zero-order valence-corrected chi connectivity index (χ0v) is 14.3. The van der Waals surface area contributed by atoms with Crippen molar-refractivity contribution < 1.29 is 28.3 Å². The molecule has 138 valence electrons. The maximum atomic E-state index is 13.9. The van der Waals surface area contributed by atoms with E-state index in [4.69, 9.17) is 5.11 Å². The molecule has 2 amide bonds. The number of rotatable bonds is 8. The second-order valence-electron chi connectivity index (χ2n) is 6.21. The molecule has 0 fully saturated rings. The van der Waals surface area contributed by atoms with Gasteiger partial charge in [0.25, 0.3) is 0 Å². The second kappa shape index (κ2) is 9.10. The van der Waals surface area contributed by atoms with Crippen molar-refractivity contribution in [1.29, 1.82) is 0 Å². The molecule has 0 spiro atoms. The van der Waals surface area contributed by atoms with Crippen LogP contribution in [0, 0.1) is 17.6 Å². The van der Waals surface area contributed by atoms with Crippen LogP contribution in [0.5, 0.6) is 0 Å². The summed E-state index contributed by atoms with van der Waals surface area (Å²) in [5.74, 6) is -3.97. The van der Waals surface area contributed by atoms with Crippen LogP contribution in [0.3, 0.4) is 0 Å². The third-order valence-electron chi connectivity index (χ3n) is 3.45. The quantitative estimate of drug-likeness (QED) is 0.665. The van der Waals surface area contributed by atoms with Gasteiger partial charge in [0.05, 0.1) is 12.5 Å². The molecule has 1 rings (SSSR count). The van der Waals surface area contributed by atoms with E-state index in [-0.39, 0.29) is 24.3 Å². The van der Waals surface area contributed by atoms with Crippen LogP contribution in [0.4, 0.5) is 8.78 Å². The van der Waals surface area contributed by atoms with Crippen molar-refractivity contribution in [2.24, 2.45) is 5.92 Å². The summed E-state index contributed by atoms with van der Waals surface area (Å²) in [6, 6.07) is 0.696. The summed E-state index contributed by atoms with van der Waals surface area (Å²) in [4.78, 5) is 34.7. The zero-order valence-electron chi connectivity index (χ0n) is 14.3. The Hall–Kier alpha value is -2.51. The molecule has 6 nitrogen and oxygen atoms in total. The average molecular weight is 356 g/mol. The summed E-state index contributed by atoms with van der Waals surface area (Å²) < 4.78 is 27.0. The fourth-order valence-corrected chi connectivity index (χ4v) is 2.40. The highest BCUT2D eigenvalue weighted by Crippen LogP contribution is 2.21. The number of carbonyl (C=O) groups is 3. The molecule has 0 aromatic heterocycles. The molecule has 25 heavy (non-hydrogen) atoms. The summed E-state index contributed by atoms with van der Waals surface area (Å²) in [6.07, 6.45) is -0.138. The van der Waals surface area contributed by atoms with Crippen LogP contribution in [-0.4, -0.2) is 28.9 Å². The molecule has 1 aromatic carbocycles. The average Bonchev–Trinajstić information content (AvgIpc) is 2.44. The Labute approximate surface area is 144 Å². The van der Waals surface area contributed by atoms with Gasteiger partial charge in [0.2, 0.25) is 11.8 Å². The van der Waals surface area contributed by atoms with E-state index in [2.05, 4.69) is 10.6 Å². The molecule has 3 N–H and O–H groups in total. The fourth-order valence-electron chi connectivity index (χ4n) is 2.40. The predicted molar refractivity (Wildman–Crippen MR) is 86.6 cm³/mol. The van der Waals surface area contributed by atoms with E-state index in [0.29, 0.717) is 6.07 Å². The van der Waals surface area contributed by atoms with Crippen LogP contribution in [0.2, 0.25) is 0 Å². The number of halogens is 2. The monoisotopic (exact) mass is 356 g/mol. The van der Waals surface area contributed by atoms with Crippen molar-refractivity contribution in [2.75, 3.05) is 0 Å². The fraction of sp³-hybridized carbons (Fsp3) is 0.471. The molecule has 0 radical (unpaired) electrons. The summed E-state index contributed by atoms with van der Waals surface area (Å²) in [5.41, 5.74) is -0.0533. The van der Waals surface area contributed by atoms with Gasteiger partial charge in [0.1, 0.15) is 17.7 Å². The predicted octanol–water partition coefficient (Wildman–Crippen LogP) is 2.15. The number of carboxylic acid groups (broad SMARTS) is 1. The lowest BCUT2D eigenvalue weighted by Crippen LogP contribution is -2.43. The summed E-state index contributed by atoms with van der Waals surface area (Å²) in [5, 5.41) is 13.9. The molecule has 2 atom stereocenters. The van der Waals surface area contributed by atoms with Crippen LogP contribution in [0.1, 0.15) is 45.2 Å². The molecule has 0 aliphatic rings. The van der Waals surface area contributed by atoms with Gasteiger partial charge >= 0.3 is 5.97 Å². The van der Waals surface area contributed by atoms with Gasteiger partial charge in [0.15, 0.2) is 0 Å². The van der Waals surface area contributed by atoms with Crippen molar-refractivity contribution in [2.45, 2.75) is 45.7 Å². The Morgan fingerprint density at radius 1 is 1.16 bits per heavy atom. The van der Waals surface area contributed by atoms with Crippen LogP contribution in [0.15, 0.2) is 18.2 Å². The summed E-state index contributed by atoms with van der Waals surface area (Å²) in [7, 11) is 0. The Bertz CT molecular complexity index is 650. The van der Waals surface area contributed by atoms with Crippen molar-refractivity contribution in [3.8, 4) is 0 Å². The Balaban J connectivity index is 2.92. The number of amides is 2. The third-order valence-corrected chi connectivity index (χ3v) is 3.45. The van der Waals surface area contributed by atoms with Crippen molar-refractivity contribution in [3.05, 3.63) is 35.4 Å². The van der Waals surface area contributed by atoms with E-state index in [1.807, 2.05) is 13.8 Å². The lowest BCUT2D eigenvalue weighted by atomic mass is 10.0. The van der Waals surface area contributed by atoms with E-state index >= 15 is 0 Å². The molecule has 0 bridgehead atoms. The first-order valence-corrected chi connectivity index (χ1v) is 7.84. The van der Waals surface area contributed by atoms with Crippen LogP contribution in [0.25, 0.3) is 0 Å². The topological polar surface area (TPSA) is 95.5 Å².